The lowest BCUT2D eigenvalue weighted by Gasteiger charge is -2.27. The smallest absolute Gasteiger partial charge is 0.354 e. The zero-order valence-corrected chi connectivity index (χ0v) is 11.1. The lowest BCUT2D eigenvalue weighted by Crippen LogP contribution is -2.36. The van der Waals surface area contributed by atoms with Gasteiger partial charge in [-0.05, 0) is 25.0 Å². The minimum absolute atomic E-state index is 0.0933. The molecule has 108 valence electrons. The first-order chi connectivity index (χ1) is 9.58. The molecular formula is C14H18N2O4. The molecule has 6 heteroatoms. The molecule has 1 heterocycles. The van der Waals surface area contributed by atoms with Crippen LogP contribution in [0.1, 0.15) is 46.5 Å². The Hall–Kier alpha value is -1.95. The normalized spacial score (nSPS) is 22.2. The maximum absolute atomic E-state index is 11.9. The van der Waals surface area contributed by atoms with E-state index in [0.29, 0.717) is 12.1 Å². The van der Waals surface area contributed by atoms with Gasteiger partial charge in [-0.2, -0.15) is 0 Å². The van der Waals surface area contributed by atoms with Gasteiger partial charge in [-0.15, -0.1) is 0 Å². The molecule has 1 aromatic heterocycles. The van der Waals surface area contributed by atoms with Crippen LogP contribution in [0.2, 0.25) is 0 Å². The van der Waals surface area contributed by atoms with E-state index in [0.717, 1.165) is 25.7 Å². The van der Waals surface area contributed by atoms with Crippen LogP contribution in [-0.4, -0.2) is 39.7 Å². The second kappa shape index (κ2) is 6.47. The van der Waals surface area contributed by atoms with Crippen molar-refractivity contribution in [1.82, 2.24) is 10.3 Å². The fourth-order valence-corrected chi connectivity index (χ4v) is 2.41. The quantitative estimate of drug-likeness (QED) is 0.764. The van der Waals surface area contributed by atoms with E-state index in [1.807, 2.05) is 0 Å². The van der Waals surface area contributed by atoms with Gasteiger partial charge in [0.2, 0.25) is 0 Å². The number of carbonyl (C=O) groups is 2. The van der Waals surface area contributed by atoms with Gasteiger partial charge in [0.15, 0.2) is 0 Å². The number of aliphatic hydroxyl groups is 1. The van der Waals surface area contributed by atoms with Crippen molar-refractivity contribution in [3.05, 3.63) is 29.6 Å². The van der Waals surface area contributed by atoms with Crippen molar-refractivity contribution >= 4 is 11.9 Å². The molecule has 6 nitrogen and oxygen atoms in total. The Morgan fingerprint density at radius 1 is 1.30 bits per heavy atom. The molecule has 0 aromatic carbocycles. The molecule has 1 aromatic rings. The molecule has 0 saturated heterocycles. The van der Waals surface area contributed by atoms with Crippen molar-refractivity contribution in [3.8, 4) is 0 Å². The van der Waals surface area contributed by atoms with Crippen LogP contribution in [0, 0.1) is 5.92 Å². The third-order valence-corrected chi connectivity index (χ3v) is 3.64. The van der Waals surface area contributed by atoms with Crippen molar-refractivity contribution in [1.29, 1.82) is 0 Å². The summed E-state index contributed by atoms with van der Waals surface area (Å²) in [7, 11) is 0. The molecule has 2 unspecified atom stereocenters. The lowest BCUT2D eigenvalue weighted by atomic mass is 9.86. The van der Waals surface area contributed by atoms with E-state index in [-0.39, 0.29) is 23.6 Å². The summed E-state index contributed by atoms with van der Waals surface area (Å²) in [5.41, 5.74) is 0.226. The van der Waals surface area contributed by atoms with Gasteiger partial charge in [0.05, 0.1) is 11.7 Å². The summed E-state index contributed by atoms with van der Waals surface area (Å²) >= 11 is 0. The largest absolute Gasteiger partial charge is 0.477 e. The number of pyridine rings is 1. The van der Waals surface area contributed by atoms with E-state index < -0.39 is 5.97 Å². The number of carboxylic acid groups (broad SMARTS) is 1. The number of aliphatic hydroxyl groups excluding tert-OH is 1. The van der Waals surface area contributed by atoms with Gasteiger partial charge in [0.1, 0.15) is 5.69 Å². The van der Waals surface area contributed by atoms with E-state index in [4.69, 9.17) is 5.11 Å². The molecule has 1 amide bonds. The molecular weight excluding hydrogens is 260 g/mol. The van der Waals surface area contributed by atoms with Gasteiger partial charge >= 0.3 is 5.97 Å². The summed E-state index contributed by atoms with van der Waals surface area (Å²) in [6.07, 6.45) is 4.71. The summed E-state index contributed by atoms with van der Waals surface area (Å²) in [4.78, 5) is 26.3. The molecule has 0 bridgehead atoms. The van der Waals surface area contributed by atoms with Gasteiger partial charge in [-0.25, -0.2) is 9.78 Å². The summed E-state index contributed by atoms with van der Waals surface area (Å²) in [6.45, 7) is 0.431. The van der Waals surface area contributed by atoms with E-state index in [1.54, 1.807) is 0 Å². The maximum atomic E-state index is 11.9. The number of carboxylic acids is 1. The van der Waals surface area contributed by atoms with Crippen molar-refractivity contribution < 1.29 is 19.8 Å². The Morgan fingerprint density at radius 2 is 2.05 bits per heavy atom. The van der Waals surface area contributed by atoms with E-state index in [1.165, 1.54) is 18.3 Å². The number of nitrogens with one attached hydrogen (secondary N) is 1. The summed E-state index contributed by atoms with van der Waals surface area (Å²) in [6, 6.07) is 2.73. The third-order valence-electron chi connectivity index (χ3n) is 3.64. The number of amides is 1. The third kappa shape index (κ3) is 3.54. The molecule has 1 aliphatic rings. The second-order valence-electron chi connectivity index (χ2n) is 5.06. The fourth-order valence-electron chi connectivity index (χ4n) is 2.41. The van der Waals surface area contributed by atoms with Gasteiger partial charge in [0.25, 0.3) is 5.91 Å². The number of aromatic nitrogens is 1. The highest BCUT2D eigenvalue weighted by Gasteiger charge is 2.23. The average molecular weight is 278 g/mol. The SMILES string of the molecule is O=C(NCC1CCCCC1O)c1ccc(C(=O)O)nc1. The molecule has 3 N–H and O–H groups in total. The van der Waals surface area contributed by atoms with E-state index >= 15 is 0 Å². The first-order valence-electron chi connectivity index (χ1n) is 6.73. The Kier molecular flexibility index (Phi) is 4.68. The summed E-state index contributed by atoms with van der Waals surface area (Å²) < 4.78 is 0. The minimum atomic E-state index is -1.12. The molecule has 2 atom stereocenters. The van der Waals surface area contributed by atoms with Gasteiger partial charge in [0, 0.05) is 18.7 Å². The van der Waals surface area contributed by atoms with Crippen LogP contribution in [0.5, 0.6) is 0 Å². The number of hydrogen-bond acceptors (Lipinski definition) is 4. The van der Waals surface area contributed by atoms with Crippen LogP contribution in [-0.2, 0) is 0 Å². The second-order valence-corrected chi connectivity index (χ2v) is 5.06. The minimum Gasteiger partial charge on any atom is -0.477 e. The summed E-state index contributed by atoms with van der Waals surface area (Å²) in [5, 5.41) is 21.3. The van der Waals surface area contributed by atoms with Crippen molar-refractivity contribution in [2.45, 2.75) is 31.8 Å². The number of aromatic carboxylic acids is 1. The van der Waals surface area contributed by atoms with Crippen molar-refractivity contribution in [2.24, 2.45) is 5.92 Å². The highest BCUT2D eigenvalue weighted by atomic mass is 16.4. The molecule has 2 rings (SSSR count). The average Bonchev–Trinajstić information content (AvgIpc) is 2.46. The highest BCUT2D eigenvalue weighted by Crippen LogP contribution is 2.23. The molecule has 0 aliphatic heterocycles. The zero-order valence-electron chi connectivity index (χ0n) is 11.1. The van der Waals surface area contributed by atoms with Crippen LogP contribution in [0.15, 0.2) is 18.3 Å². The topological polar surface area (TPSA) is 99.5 Å². The predicted octanol–water partition coefficient (Wildman–Crippen LogP) is 1.06. The van der Waals surface area contributed by atoms with E-state index in [2.05, 4.69) is 10.3 Å². The predicted molar refractivity (Wildman–Crippen MR) is 71.5 cm³/mol. The van der Waals surface area contributed by atoms with Gasteiger partial charge < -0.3 is 15.5 Å². The van der Waals surface area contributed by atoms with Crippen LogP contribution in [0.25, 0.3) is 0 Å². The number of rotatable bonds is 4. The molecule has 0 radical (unpaired) electrons. The highest BCUT2D eigenvalue weighted by molar-refractivity contribution is 5.94. The Bertz CT molecular complexity index is 486. The number of nitrogens with zero attached hydrogens (tertiary/aromatic N) is 1. The monoisotopic (exact) mass is 278 g/mol. The number of hydrogen-bond donors (Lipinski definition) is 3. The Labute approximate surface area is 116 Å². The van der Waals surface area contributed by atoms with E-state index in [9.17, 15) is 14.7 Å². The molecule has 1 saturated carbocycles. The molecule has 20 heavy (non-hydrogen) atoms. The maximum Gasteiger partial charge on any atom is 0.354 e. The molecule has 1 fully saturated rings. The Morgan fingerprint density at radius 3 is 2.65 bits per heavy atom. The lowest BCUT2D eigenvalue weighted by molar-refractivity contribution is 0.0659. The standard InChI is InChI=1S/C14H18N2O4/c17-12-4-2-1-3-9(12)7-16-13(18)10-5-6-11(14(19)20)15-8-10/h5-6,8-9,12,17H,1-4,7H2,(H,16,18)(H,19,20). The molecule has 0 spiro atoms. The van der Waals surface area contributed by atoms with Crippen molar-refractivity contribution in [2.75, 3.05) is 6.54 Å². The van der Waals surface area contributed by atoms with Crippen molar-refractivity contribution in [3.63, 3.8) is 0 Å². The fraction of sp³-hybridized carbons (Fsp3) is 0.500. The zero-order chi connectivity index (χ0) is 14.5. The van der Waals surface area contributed by atoms with Gasteiger partial charge in [-0.1, -0.05) is 12.8 Å². The van der Waals surface area contributed by atoms with Crippen LogP contribution in [0.3, 0.4) is 0 Å². The van der Waals surface area contributed by atoms with Crippen LogP contribution in [0.4, 0.5) is 0 Å². The number of carbonyl (C=O) groups excluding carboxylic acids is 1. The molecule has 1 aliphatic carbocycles. The summed E-state index contributed by atoms with van der Waals surface area (Å²) in [5.74, 6) is -1.33. The van der Waals surface area contributed by atoms with Crippen LogP contribution < -0.4 is 5.32 Å². The first-order valence-corrected chi connectivity index (χ1v) is 6.73. The van der Waals surface area contributed by atoms with Gasteiger partial charge in [-0.3, -0.25) is 4.79 Å². The first kappa shape index (κ1) is 14.5. The van der Waals surface area contributed by atoms with Crippen LogP contribution >= 0.6 is 0 Å². The Balaban J connectivity index is 1.89.